The lowest BCUT2D eigenvalue weighted by atomic mass is 9.69. The van der Waals surface area contributed by atoms with E-state index in [1.54, 1.807) is 6.07 Å². The number of ketones is 1. The van der Waals surface area contributed by atoms with Crippen molar-refractivity contribution < 1.29 is 4.79 Å². The lowest BCUT2D eigenvalue weighted by Crippen LogP contribution is -2.34. The SMILES string of the molecule is Cc1ccc2c(c1)CCC1(C2)Cc2ccc(-c3cccc(C#N)c3)cc2C1=O. The normalized spacial score (nSPS) is 19.9. The quantitative estimate of drug-likeness (QED) is 0.577. The summed E-state index contributed by atoms with van der Waals surface area (Å²) in [6.07, 6.45) is 3.59. The number of nitriles is 1. The van der Waals surface area contributed by atoms with Crippen molar-refractivity contribution >= 4 is 5.78 Å². The highest BCUT2D eigenvalue weighted by atomic mass is 16.1. The summed E-state index contributed by atoms with van der Waals surface area (Å²) in [5, 5.41) is 9.16. The molecular formula is C26H21NO. The number of nitrogens with zero attached hydrogens (tertiary/aromatic N) is 1. The number of hydrogen-bond acceptors (Lipinski definition) is 2. The fourth-order valence-electron chi connectivity index (χ4n) is 4.95. The molecule has 2 heteroatoms. The fourth-order valence-corrected chi connectivity index (χ4v) is 4.95. The number of hydrogen-bond donors (Lipinski definition) is 0. The van der Waals surface area contributed by atoms with Gasteiger partial charge in [-0.1, -0.05) is 48.0 Å². The van der Waals surface area contributed by atoms with Crippen molar-refractivity contribution in [1.82, 2.24) is 0 Å². The number of carbonyl (C=O) groups excluding carboxylic acids is 1. The van der Waals surface area contributed by atoms with Crippen molar-refractivity contribution in [3.05, 3.63) is 94.0 Å². The average Bonchev–Trinajstić information content (AvgIpc) is 2.99. The first kappa shape index (κ1) is 17.0. The summed E-state index contributed by atoms with van der Waals surface area (Å²) >= 11 is 0. The molecule has 0 amide bonds. The monoisotopic (exact) mass is 363 g/mol. The van der Waals surface area contributed by atoms with E-state index < -0.39 is 0 Å². The maximum absolute atomic E-state index is 13.5. The molecular weight excluding hydrogens is 342 g/mol. The van der Waals surface area contributed by atoms with Crippen LogP contribution in [0, 0.1) is 23.7 Å². The van der Waals surface area contributed by atoms with E-state index in [2.05, 4.69) is 43.3 Å². The highest BCUT2D eigenvalue weighted by molar-refractivity contribution is 6.06. The minimum atomic E-state index is -0.280. The van der Waals surface area contributed by atoms with E-state index in [-0.39, 0.29) is 5.41 Å². The molecule has 2 aliphatic carbocycles. The van der Waals surface area contributed by atoms with Gasteiger partial charge in [0.25, 0.3) is 0 Å². The Morgan fingerprint density at radius 3 is 2.54 bits per heavy atom. The predicted octanol–water partition coefficient (Wildman–Crippen LogP) is 5.45. The molecule has 2 nitrogen and oxygen atoms in total. The molecule has 3 aromatic rings. The van der Waals surface area contributed by atoms with E-state index in [1.165, 1.54) is 22.3 Å². The Hall–Kier alpha value is -3.18. The maximum Gasteiger partial charge on any atom is 0.169 e. The number of benzene rings is 3. The van der Waals surface area contributed by atoms with Crippen molar-refractivity contribution in [3.63, 3.8) is 0 Å². The minimum absolute atomic E-state index is 0.280. The second-order valence-electron chi connectivity index (χ2n) is 8.30. The summed E-state index contributed by atoms with van der Waals surface area (Å²) in [7, 11) is 0. The molecule has 2 aliphatic rings. The lowest BCUT2D eigenvalue weighted by Gasteiger charge is -2.33. The van der Waals surface area contributed by atoms with Gasteiger partial charge in [-0.3, -0.25) is 4.79 Å². The average molecular weight is 363 g/mol. The number of Topliss-reactive ketones (excluding diaryl/α,β-unsaturated/α-hetero) is 1. The van der Waals surface area contributed by atoms with E-state index >= 15 is 0 Å². The molecule has 0 bridgehead atoms. The first-order valence-corrected chi connectivity index (χ1v) is 9.85. The molecule has 0 radical (unpaired) electrons. The number of rotatable bonds is 1. The molecule has 0 aromatic heterocycles. The van der Waals surface area contributed by atoms with Gasteiger partial charge in [0, 0.05) is 11.0 Å². The predicted molar refractivity (Wildman–Crippen MR) is 110 cm³/mol. The molecule has 136 valence electrons. The summed E-state index contributed by atoms with van der Waals surface area (Å²) in [6.45, 7) is 2.13. The van der Waals surface area contributed by atoms with Crippen LogP contribution in [-0.4, -0.2) is 5.78 Å². The van der Waals surface area contributed by atoms with Crippen LogP contribution in [0.25, 0.3) is 11.1 Å². The van der Waals surface area contributed by atoms with Crippen LogP contribution in [-0.2, 0) is 19.3 Å². The van der Waals surface area contributed by atoms with Gasteiger partial charge < -0.3 is 0 Å². The molecule has 0 saturated carbocycles. The van der Waals surface area contributed by atoms with Gasteiger partial charge >= 0.3 is 0 Å². The first-order valence-electron chi connectivity index (χ1n) is 9.85. The largest absolute Gasteiger partial charge is 0.294 e. The van der Waals surface area contributed by atoms with Gasteiger partial charge in [-0.05, 0) is 78.6 Å². The smallest absolute Gasteiger partial charge is 0.169 e. The highest BCUT2D eigenvalue weighted by Crippen LogP contribution is 2.47. The van der Waals surface area contributed by atoms with Crippen LogP contribution in [0.5, 0.6) is 0 Å². The lowest BCUT2D eigenvalue weighted by molar-refractivity contribution is 0.0794. The van der Waals surface area contributed by atoms with Gasteiger partial charge in [-0.15, -0.1) is 0 Å². The Morgan fingerprint density at radius 1 is 0.893 bits per heavy atom. The van der Waals surface area contributed by atoms with E-state index in [0.29, 0.717) is 11.3 Å². The Labute approximate surface area is 165 Å². The van der Waals surface area contributed by atoms with Crippen LogP contribution in [0.4, 0.5) is 0 Å². The zero-order chi connectivity index (χ0) is 19.3. The zero-order valence-electron chi connectivity index (χ0n) is 16.0. The zero-order valence-corrected chi connectivity index (χ0v) is 16.0. The Bertz CT molecular complexity index is 1170. The van der Waals surface area contributed by atoms with Crippen molar-refractivity contribution in [2.75, 3.05) is 0 Å². The fraction of sp³-hybridized carbons (Fsp3) is 0.231. The molecule has 1 atom stereocenters. The molecule has 0 fully saturated rings. The second kappa shape index (κ2) is 6.17. The van der Waals surface area contributed by atoms with Crippen molar-refractivity contribution in [2.45, 2.75) is 32.6 Å². The van der Waals surface area contributed by atoms with Crippen molar-refractivity contribution in [1.29, 1.82) is 5.26 Å². The molecule has 0 heterocycles. The third-order valence-corrected chi connectivity index (χ3v) is 6.45. The van der Waals surface area contributed by atoms with Crippen LogP contribution in [0.3, 0.4) is 0 Å². The molecule has 28 heavy (non-hydrogen) atoms. The summed E-state index contributed by atoms with van der Waals surface area (Å²) in [4.78, 5) is 13.5. The van der Waals surface area contributed by atoms with Gasteiger partial charge in [0.1, 0.15) is 0 Å². The topological polar surface area (TPSA) is 40.9 Å². The second-order valence-corrected chi connectivity index (χ2v) is 8.30. The Balaban J connectivity index is 1.51. The Morgan fingerprint density at radius 2 is 1.68 bits per heavy atom. The van der Waals surface area contributed by atoms with Crippen LogP contribution >= 0.6 is 0 Å². The van der Waals surface area contributed by atoms with Crippen LogP contribution in [0.1, 0.15) is 44.6 Å². The van der Waals surface area contributed by atoms with Gasteiger partial charge in [0.05, 0.1) is 11.6 Å². The maximum atomic E-state index is 13.5. The van der Waals surface area contributed by atoms with Crippen LogP contribution in [0.2, 0.25) is 0 Å². The van der Waals surface area contributed by atoms with Crippen molar-refractivity contribution in [2.24, 2.45) is 5.41 Å². The highest BCUT2D eigenvalue weighted by Gasteiger charge is 2.47. The van der Waals surface area contributed by atoms with Crippen LogP contribution < -0.4 is 0 Å². The molecule has 0 N–H and O–H groups in total. The minimum Gasteiger partial charge on any atom is -0.294 e. The van der Waals surface area contributed by atoms with E-state index in [9.17, 15) is 4.79 Å². The summed E-state index contributed by atoms with van der Waals surface area (Å²) in [6, 6.07) is 22.6. The van der Waals surface area contributed by atoms with Gasteiger partial charge in [0.15, 0.2) is 5.78 Å². The standard InChI is InChI=1S/C26H21NO/c1-17-5-6-22-14-26(10-9-21(22)11-17)15-23-8-7-20(13-24(23)25(26)28)19-4-2-3-18(12-19)16-27/h2-8,11-13H,9-10,14-15H2,1H3. The number of fused-ring (bicyclic) bond motifs is 2. The molecule has 1 spiro atoms. The third-order valence-electron chi connectivity index (χ3n) is 6.45. The van der Waals surface area contributed by atoms with E-state index in [1.807, 2.05) is 24.3 Å². The number of carbonyl (C=O) groups is 1. The van der Waals surface area contributed by atoms with Crippen molar-refractivity contribution in [3.8, 4) is 17.2 Å². The first-order chi connectivity index (χ1) is 13.6. The molecule has 3 aromatic carbocycles. The molecule has 0 saturated heterocycles. The summed E-state index contributed by atoms with van der Waals surface area (Å²) in [5.74, 6) is 0.298. The van der Waals surface area contributed by atoms with Gasteiger partial charge in [-0.25, -0.2) is 0 Å². The van der Waals surface area contributed by atoms with Crippen LogP contribution in [0.15, 0.2) is 60.7 Å². The molecule has 0 aliphatic heterocycles. The van der Waals surface area contributed by atoms with E-state index in [0.717, 1.165) is 42.4 Å². The molecule has 1 unspecified atom stereocenters. The van der Waals surface area contributed by atoms with E-state index in [4.69, 9.17) is 5.26 Å². The summed E-state index contributed by atoms with van der Waals surface area (Å²) < 4.78 is 0. The number of aryl methyl sites for hydroxylation is 2. The third kappa shape index (κ3) is 2.59. The van der Waals surface area contributed by atoms with Gasteiger partial charge in [0.2, 0.25) is 0 Å². The molecule has 5 rings (SSSR count). The Kier molecular flexibility index (Phi) is 3.74. The summed E-state index contributed by atoms with van der Waals surface area (Å²) in [5.41, 5.74) is 8.42. The van der Waals surface area contributed by atoms with Gasteiger partial charge in [-0.2, -0.15) is 5.26 Å².